The van der Waals surface area contributed by atoms with Gasteiger partial charge in [-0.25, -0.2) is 4.79 Å². The van der Waals surface area contributed by atoms with Gasteiger partial charge in [-0.1, -0.05) is 12.5 Å². The molecule has 0 aromatic carbocycles. The number of rotatable bonds is 5. The van der Waals surface area contributed by atoms with E-state index in [1.54, 1.807) is 6.08 Å². The first kappa shape index (κ1) is 14.4. The highest BCUT2D eigenvalue weighted by Crippen LogP contribution is 2.58. The lowest BCUT2D eigenvalue weighted by atomic mass is 9.79. The van der Waals surface area contributed by atoms with Crippen molar-refractivity contribution in [3.63, 3.8) is 0 Å². The Morgan fingerprint density at radius 3 is 2.71 bits per heavy atom. The van der Waals surface area contributed by atoms with Gasteiger partial charge < -0.3 is 16.0 Å². The first-order valence-corrected chi connectivity index (χ1v) is 8.11. The molecule has 0 radical (unpaired) electrons. The SMILES string of the molecule is C=CCNC(=O)CNC(=O)NC1CC2CC1C1CCCC21. The molecule has 3 saturated carbocycles. The fourth-order valence-corrected chi connectivity index (χ4v) is 4.86. The van der Waals surface area contributed by atoms with E-state index >= 15 is 0 Å². The van der Waals surface area contributed by atoms with Gasteiger partial charge in [0.05, 0.1) is 6.54 Å². The number of nitrogens with one attached hydrogen (secondary N) is 3. The molecule has 0 spiro atoms. The predicted molar refractivity (Wildman–Crippen MR) is 80.6 cm³/mol. The minimum Gasteiger partial charge on any atom is -0.351 e. The molecular weight excluding hydrogens is 266 g/mol. The molecule has 21 heavy (non-hydrogen) atoms. The number of carbonyl (C=O) groups is 2. The molecule has 0 aliphatic heterocycles. The zero-order valence-corrected chi connectivity index (χ0v) is 12.4. The van der Waals surface area contributed by atoms with Crippen molar-refractivity contribution >= 4 is 11.9 Å². The van der Waals surface area contributed by atoms with Gasteiger partial charge in [0.1, 0.15) is 0 Å². The Balaban J connectivity index is 1.42. The minimum atomic E-state index is -0.212. The summed E-state index contributed by atoms with van der Waals surface area (Å²) in [6, 6.07) is 0.0986. The normalized spacial score (nSPS) is 36.1. The third-order valence-corrected chi connectivity index (χ3v) is 5.60. The first-order valence-electron chi connectivity index (χ1n) is 8.11. The maximum atomic E-state index is 11.9. The van der Waals surface area contributed by atoms with Crippen molar-refractivity contribution in [1.82, 2.24) is 16.0 Å². The van der Waals surface area contributed by atoms with Crippen LogP contribution in [-0.4, -0.2) is 31.1 Å². The molecule has 0 aromatic heterocycles. The van der Waals surface area contributed by atoms with Gasteiger partial charge in [-0.15, -0.1) is 6.58 Å². The molecule has 5 heteroatoms. The highest BCUT2D eigenvalue weighted by molar-refractivity contribution is 5.84. The summed E-state index contributed by atoms with van der Waals surface area (Å²) in [5.74, 6) is 3.08. The molecule has 0 heterocycles. The molecule has 116 valence electrons. The average molecular weight is 291 g/mol. The summed E-state index contributed by atoms with van der Waals surface area (Å²) in [6.45, 7) is 3.98. The molecular formula is C16H25N3O2. The van der Waals surface area contributed by atoms with Gasteiger partial charge in [-0.2, -0.15) is 0 Å². The Morgan fingerprint density at radius 2 is 1.90 bits per heavy atom. The molecule has 5 nitrogen and oxygen atoms in total. The monoisotopic (exact) mass is 291 g/mol. The molecule has 3 N–H and O–H groups in total. The lowest BCUT2D eigenvalue weighted by Gasteiger charge is -2.32. The fraction of sp³-hybridized carbons (Fsp3) is 0.750. The van der Waals surface area contributed by atoms with Crippen LogP contribution in [-0.2, 0) is 4.79 Å². The standard InChI is InChI=1S/C16H25N3O2/c1-2-6-17-15(20)9-18-16(21)19-14-8-10-7-13(14)12-5-3-4-11(10)12/h2,10-14H,1,3-9H2,(H,17,20)(H2,18,19,21). The van der Waals surface area contributed by atoms with E-state index in [0.717, 1.165) is 24.2 Å². The van der Waals surface area contributed by atoms with Crippen LogP contribution in [0.3, 0.4) is 0 Å². The molecule has 0 saturated heterocycles. The third kappa shape index (κ3) is 2.92. The van der Waals surface area contributed by atoms with Crippen LogP contribution in [0.15, 0.2) is 12.7 Å². The molecule has 3 fully saturated rings. The van der Waals surface area contributed by atoms with Crippen molar-refractivity contribution < 1.29 is 9.59 Å². The third-order valence-electron chi connectivity index (χ3n) is 5.60. The smallest absolute Gasteiger partial charge is 0.315 e. The molecule has 3 rings (SSSR count). The van der Waals surface area contributed by atoms with Gasteiger partial charge in [0.25, 0.3) is 0 Å². The molecule has 3 amide bonds. The van der Waals surface area contributed by atoms with Crippen LogP contribution < -0.4 is 16.0 Å². The van der Waals surface area contributed by atoms with E-state index < -0.39 is 0 Å². The Labute approximate surface area is 125 Å². The van der Waals surface area contributed by atoms with E-state index in [2.05, 4.69) is 22.5 Å². The fourth-order valence-electron chi connectivity index (χ4n) is 4.86. The maximum Gasteiger partial charge on any atom is 0.315 e. The summed E-state index contributed by atoms with van der Waals surface area (Å²) in [6.07, 6.45) is 8.14. The largest absolute Gasteiger partial charge is 0.351 e. The highest BCUT2D eigenvalue weighted by Gasteiger charge is 2.53. The average Bonchev–Trinajstić information content (AvgIpc) is 3.14. The molecule has 3 aliphatic carbocycles. The lowest BCUT2D eigenvalue weighted by Crippen LogP contribution is -2.48. The summed E-state index contributed by atoms with van der Waals surface area (Å²) < 4.78 is 0. The summed E-state index contributed by atoms with van der Waals surface area (Å²) in [7, 11) is 0. The van der Waals surface area contributed by atoms with Crippen molar-refractivity contribution in [2.24, 2.45) is 23.7 Å². The van der Waals surface area contributed by atoms with Crippen molar-refractivity contribution in [1.29, 1.82) is 0 Å². The molecule has 2 bridgehead atoms. The van der Waals surface area contributed by atoms with Gasteiger partial charge in [0, 0.05) is 12.6 Å². The van der Waals surface area contributed by atoms with Crippen LogP contribution in [0.1, 0.15) is 32.1 Å². The summed E-state index contributed by atoms with van der Waals surface area (Å²) in [4.78, 5) is 23.3. The zero-order chi connectivity index (χ0) is 14.8. The van der Waals surface area contributed by atoms with Crippen molar-refractivity contribution in [2.75, 3.05) is 13.1 Å². The number of hydrogen-bond acceptors (Lipinski definition) is 2. The second kappa shape index (κ2) is 6.08. The van der Waals surface area contributed by atoms with E-state index in [-0.39, 0.29) is 18.5 Å². The van der Waals surface area contributed by atoms with Gasteiger partial charge >= 0.3 is 6.03 Å². The second-order valence-electron chi connectivity index (χ2n) is 6.68. The maximum absolute atomic E-state index is 11.9. The van der Waals surface area contributed by atoms with Crippen molar-refractivity contribution in [3.05, 3.63) is 12.7 Å². The zero-order valence-electron chi connectivity index (χ0n) is 12.4. The van der Waals surface area contributed by atoms with Crippen LogP contribution in [0.2, 0.25) is 0 Å². The second-order valence-corrected chi connectivity index (χ2v) is 6.68. The van der Waals surface area contributed by atoms with Gasteiger partial charge in [-0.05, 0) is 49.4 Å². The number of urea groups is 1. The minimum absolute atomic E-state index is 0.0204. The van der Waals surface area contributed by atoms with Crippen LogP contribution in [0.4, 0.5) is 4.79 Å². The lowest BCUT2D eigenvalue weighted by molar-refractivity contribution is -0.119. The van der Waals surface area contributed by atoms with Crippen LogP contribution in [0.25, 0.3) is 0 Å². The number of carbonyl (C=O) groups excluding carboxylic acids is 2. The van der Waals surface area contributed by atoms with Crippen LogP contribution >= 0.6 is 0 Å². The van der Waals surface area contributed by atoms with E-state index in [1.807, 2.05) is 0 Å². The van der Waals surface area contributed by atoms with Crippen LogP contribution in [0.5, 0.6) is 0 Å². The Morgan fingerprint density at radius 1 is 1.10 bits per heavy atom. The predicted octanol–water partition coefficient (Wildman–Crippen LogP) is 1.41. The topological polar surface area (TPSA) is 70.2 Å². The van der Waals surface area contributed by atoms with E-state index in [0.29, 0.717) is 18.5 Å². The van der Waals surface area contributed by atoms with Crippen LogP contribution in [0, 0.1) is 23.7 Å². The summed E-state index contributed by atoms with van der Waals surface area (Å²) >= 11 is 0. The highest BCUT2D eigenvalue weighted by atomic mass is 16.2. The van der Waals surface area contributed by atoms with E-state index in [1.165, 1.54) is 25.7 Å². The van der Waals surface area contributed by atoms with Crippen molar-refractivity contribution in [3.8, 4) is 0 Å². The number of fused-ring (bicyclic) bond motifs is 5. The van der Waals surface area contributed by atoms with Gasteiger partial charge in [0.15, 0.2) is 0 Å². The van der Waals surface area contributed by atoms with Gasteiger partial charge in [0.2, 0.25) is 5.91 Å². The Kier molecular flexibility index (Phi) is 4.17. The summed E-state index contributed by atoms with van der Waals surface area (Å²) in [5, 5.41) is 8.36. The van der Waals surface area contributed by atoms with E-state index in [4.69, 9.17) is 0 Å². The number of amides is 3. The van der Waals surface area contributed by atoms with Crippen molar-refractivity contribution in [2.45, 2.75) is 38.1 Å². The van der Waals surface area contributed by atoms with Gasteiger partial charge in [-0.3, -0.25) is 4.79 Å². The Hall–Kier alpha value is -1.52. The van der Waals surface area contributed by atoms with E-state index in [9.17, 15) is 9.59 Å². The Bertz CT molecular complexity index is 437. The summed E-state index contributed by atoms with van der Waals surface area (Å²) in [5.41, 5.74) is 0. The first-order chi connectivity index (χ1) is 10.2. The molecule has 5 unspecified atom stereocenters. The molecule has 5 atom stereocenters. The molecule has 3 aliphatic rings. The quantitative estimate of drug-likeness (QED) is 0.670. The number of hydrogen-bond donors (Lipinski definition) is 3. The molecule has 0 aromatic rings.